The first-order valence-electron chi connectivity index (χ1n) is 8.20. The summed E-state index contributed by atoms with van der Waals surface area (Å²) in [6.45, 7) is 0.348. The lowest BCUT2D eigenvalue weighted by Gasteiger charge is -2.16. The van der Waals surface area contributed by atoms with Crippen molar-refractivity contribution in [3.8, 4) is 0 Å². The van der Waals surface area contributed by atoms with Gasteiger partial charge in [-0.25, -0.2) is 9.97 Å². The third-order valence-corrected chi connectivity index (χ3v) is 4.11. The van der Waals surface area contributed by atoms with Crippen LogP contribution in [0, 0.1) is 0 Å². The summed E-state index contributed by atoms with van der Waals surface area (Å²) in [4.78, 5) is 20.5. The summed E-state index contributed by atoms with van der Waals surface area (Å²) in [5.41, 5.74) is 0.364. The zero-order valence-corrected chi connectivity index (χ0v) is 13.1. The van der Waals surface area contributed by atoms with Crippen molar-refractivity contribution in [1.29, 1.82) is 0 Å². The molecule has 1 saturated carbocycles. The molecule has 1 aliphatic carbocycles. The molecule has 2 N–H and O–H groups in total. The van der Waals surface area contributed by atoms with Crippen molar-refractivity contribution < 1.29 is 9.21 Å². The highest BCUT2D eigenvalue weighted by molar-refractivity contribution is 5.92. The summed E-state index contributed by atoms with van der Waals surface area (Å²) in [6.07, 6.45) is 10.4. The minimum Gasteiger partial charge on any atom is -0.467 e. The van der Waals surface area contributed by atoms with Gasteiger partial charge < -0.3 is 15.1 Å². The second kappa shape index (κ2) is 7.76. The van der Waals surface area contributed by atoms with Crippen LogP contribution in [-0.2, 0) is 6.54 Å². The fraction of sp³-hybridized carbons (Fsp3) is 0.471. The fourth-order valence-electron chi connectivity index (χ4n) is 2.86. The number of nitrogens with one attached hydrogen (secondary N) is 2. The number of carbonyl (C=O) groups is 1. The van der Waals surface area contributed by atoms with Gasteiger partial charge >= 0.3 is 0 Å². The molecule has 1 amide bonds. The van der Waals surface area contributed by atoms with Crippen LogP contribution in [0.5, 0.6) is 0 Å². The van der Waals surface area contributed by atoms with Gasteiger partial charge in [0.2, 0.25) is 0 Å². The van der Waals surface area contributed by atoms with Crippen molar-refractivity contribution in [2.24, 2.45) is 0 Å². The van der Waals surface area contributed by atoms with E-state index in [1.807, 2.05) is 6.07 Å². The average molecular weight is 314 g/mol. The molecule has 0 radical (unpaired) electrons. The fourth-order valence-corrected chi connectivity index (χ4v) is 2.86. The maximum absolute atomic E-state index is 12.2. The van der Waals surface area contributed by atoms with Gasteiger partial charge in [-0.1, -0.05) is 25.7 Å². The van der Waals surface area contributed by atoms with Crippen molar-refractivity contribution in [3.05, 3.63) is 42.2 Å². The summed E-state index contributed by atoms with van der Waals surface area (Å²) in [6, 6.07) is 5.76. The molecule has 3 rings (SSSR count). The normalized spacial score (nSPS) is 15.8. The quantitative estimate of drug-likeness (QED) is 0.829. The minimum atomic E-state index is -0.229. The Bertz CT molecular complexity index is 619. The van der Waals surface area contributed by atoms with Crippen molar-refractivity contribution >= 4 is 11.7 Å². The number of hydrogen-bond donors (Lipinski definition) is 2. The number of amides is 1. The Hall–Kier alpha value is -2.37. The van der Waals surface area contributed by atoms with Crippen LogP contribution in [0.4, 0.5) is 5.82 Å². The van der Waals surface area contributed by atoms with E-state index in [1.54, 1.807) is 18.4 Å². The van der Waals surface area contributed by atoms with Gasteiger partial charge in [0.05, 0.1) is 12.8 Å². The van der Waals surface area contributed by atoms with Crippen LogP contribution in [0.2, 0.25) is 0 Å². The molecule has 6 nitrogen and oxygen atoms in total. The van der Waals surface area contributed by atoms with Gasteiger partial charge in [-0.05, 0) is 25.0 Å². The smallest absolute Gasteiger partial charge is 0.270 e. The second-order valence-electron chi connectivity index (χ2n) is 5.88. The van der Waals surface area contributed by atoms with Crippen LogP contribution in [0.25, 0.3) is 0 Å². The molecule has 1 fully saturated rings. The predicted octanol–water partition coefficient (Wildman–Crippen LogP) is 3.13. The van der Waals surface area contributed by atoms with E-state index in [9.17, 15) is 4.79 Å². The van der Waals surface area contributed by atoms with E-state index < -0.39 is 0 Å². The maximum Gasteiger partial charge on any atom is 0.270 e. The summed E-state index contributed by atoms with van der Waals surface area (Å²) >= 11 is 0. The number of hydrogen-bond acceptors (Lipinski definition) is 5. The first kappa shape index (κ1) is 15.5. The van der Waals surface area contributed by atoms with E-state index >= 15 is 0 Å². The molecule has 0 aromatic carbocycles. The van der Waals surface area contributed by atoms with Crippen molar-refractivity contribution in [3.63, 3.8) is 0 Å². The largest absolute Gasteiger partial charge is 0.467 e. The van der Waals surface area contributed by atoms with Crippen molar-refractivity contribution in [1.82, 2.24) is 15.3 Å². The molecule has 0 atom stereocenters. The Morgan fingerprint density at radius 1 is 1.22 bits per heavy atom. The van der Waals surface area contributed by atoms with Crippen LogP contribution in [-0.4, -0.2) is 21.9 Å². The number of nitrogens with zero attached hydrogens (tertiary/aromatic N) is 2. The van der Waals surface area contributed by atoms with Gasteiger partial charge in [0, 0.05) is 12.1 Å². The van der Waals surface area contributed by atoms with Crippen LogP contribution < -0.4 is 10.6 Å². The zero-order chi connectivity index (χ0) is 15.9. The lowest BCUT2D eigenvalue weighted by atomic mass is 10.1. The van der Waals surface area contributed by atoms with E-state index in [4.69, 9.17) is 4.42 Å². The molecule has 0 saturated heterocycles. The third kappa shape index (κ3) is 4.55. The molecule has 0 bridgehead atoms. The van der Waals surface area contributed by atoms with Gasteiger partial charge in [0.1, 0.15) is 23.6 Å². The highest BCUT2D eigenvalue weighted by Gasteiger charge is 2.14. The maximum atomic E-state index is 12.2. The highest BCUT2D eigenvalue weighted by atomic mass is 16.3. The van der Waals surface area contributed by atoms with E-state index in [0.29, 0.717) is 24.0 Å². The number of carbonyl (C=O) groups excluding carboxylic acids is 1. The monoisotopic (exact) mass is 314 g/mol. The van der Waals surface area contributed by atoms with Crippen LogP contribution in [0.15, 0.2) is 35.2 Å². The second-order valence-corrected chi connectivity index (χ2v) is 5.88. The lowest BCUT2D eigenvalue weighted by molar-refractivity contribution is 0.0943. The molecule has 6 heteroatoms. The Balaban J connectivity index is 1.58. The predicted molar refractivity (Wildman–Crippen MR) is 87.0 cm³/mol. The molecule has 1 aliphatic rings. The number of furan rings is 1. The molecular formula is C17H22N4O2. The molecule has 0 aliphatic heterocycles. The summed E-state index contributed by atoms with van der Waals surface area (Å²) in [5.74, 6) is 1.20. The van der Waals surface area contributed by atoms with E-state index in [1.165, 1.54) is 32.0 Å². The first-order chi connectivity index (χ1) is 11.3. The standard InChI is InChI=1S/C17H22N4O2/c22-17(18-11-14-8-5-9-23-14)15-10-16(20-12-19-15)21-13-6-3-1-2-4-7-13/h5,8-10,12-13H,1-4,6-7,11H2,(H,18,22)(H,19,20,21). The van der Waals surface area contributed by atoms with E-state index in [-0.39, 0.29) is 5.91 Å². The number of aromatic nitrogens is 2. The van der Waals surface area contributed by atoms with Crippen LogP contribution in [0.1, 0.15) is 54.8 Å². The van der Waals surface area contributed by atoms with Gasteiger partial charge in [-0.2, -0.15) is 0 Å². The topological polar surface area (TPSA) is 80.0 Å². The molecule has 0 spiro atoms. The third-order valence-electron chi connectivity index (χ3n) is 4.11. The van der Waals surface area contributed by atoms with Crippen molar-refractivity contribution in [2.75, 3.05) is 5.32 Å². The zero-order valence-electron chi connectivity index (χ0n) is 13.1. The van der Waals surface area contributed by atoms with Crippen molar-refractivity contribution in [2.45, 2.75) is 51.1 Å². The number of anilines is 1. The molecule has 23 heavy (non-hydrogen) atoms. The van der Waals surface area contributed by atoms with Gasteiger partial charge in [-0.15, -0.1) is 0 Å². The summed E-state index contributed by atoms with van der Waals surface area (Å²) in [5, 5.41) is 6.23. The molecular weight excluding hydrogens is 292 g/mol. The molecule has 2 heterocycles. The van der Waals surface area contributed by atoms with Gasteiger partial charge in [0.15, 0.2) is 0 Å². The highest BCUT2D eigenvalue weighted by Crippen LogP contribution is 2.20. The molecule has 0 unspecified atom stereocenters. The Morgan fingerprint density at radius 2 is 2.04 bits per heavy atom. The number of rotatable bonds is 5. The first-order valence-corrected chi connectivity index (χ1v) is 8.20. The summed E-state index contributed by atoms with van der Waals surface area (Å²) in [7, 11) is 0. The molecule has 122 valence electrons. The lowest BCUT2D eigenvalue weighted by Crippen LogP contribution is -2.24. The van der Waals surface area contributed by atoms with Gasteiger partial charge in [0.25, 0.3) is 5.91 Å². The minimum absolute atomic E-state index is 0.229. The molecule has 2 aromatic rings. The SMILES string of the molecule is O=C(NCc1ccco1)c1cc(NC2CCCCCC2)ncn1. The summed E-state index contributed by atoms with van der Waals surface area (Å²) < 4.78 is 5.20. The van der Waals surface area contributed by atoms with Crippen LogP contribution in [0.3, 0.4) is 0 Å². The van der Waals surface area contributed by atoms with E-state index in [0.717, 1.165) is 18.7 Å². The van der Waals surface area contributed by atoms with E-state index in [2.05, 4.69) is 20.6 Å². The van der Waals surface area contributed by atoms with Crippen LogP contribution >= 0.6 is 0 Å². The van der Waals surface area contributed by atoms with Gasteiger partial charge in [-0.3, -0.25) is 4.79 Å². The Kier molecular flexibility index (Phi) is 5.24. The average Bonchev–Trinajstić information content (AvgIpc) is 2.97. The Morgan fingerprint density at radius 3 is 2.78 bits per heavy atom. The molecule has 2 aromatic heterocycles. The Labute approximate surface area is 135 Å².